The van der Waals surface area contributed by atoms with E-state index in [0.29, 0.717) is 5.56 Å². The van der Waals surface area contributed by atoms with Gasteiger partial charge in [-0.15, -0.1) is 0 Å². The molecule has 0 spiro atoms. The summed E-state index contributed by atoms with van der Waals surface area (Å²) in [5.41, 5.74) is 7.42. The maximum Gasteiger partial charge on any atom is 0.160 e. The Labute approximate surface area is 194 Å². The number of furan rings is 1. The van der Waals surface area contributed by atoms with Crippen LogP contribution < -0.4 is 0 Å². The molecule has 7 rings (SSSR count). The lowest BCUT2D eigenvalue weighted by atomic mass is 10.1. The Hall–Kier alpha value is -4.88. The van der Waals surface area contributed by atoms with Crippen molar-refractivity contribution in [1.82, 2.24) is 9.55 Å². The summed E-state index contributed by atoms with van der Waals surface area (Å²) in [7, 11) is 0. The third-order valence-corrected chi connectivity index (χ3v) is 6.48. The average Bonchev–Trinajstić information content (AvgIpc) is 3.45. The van der Waals surface area contributed by atoms with Crippen LogP contribution in [0, 0.1) is 11.3 Å². The van der Waals surface area contributed by atoms with Gasteiger partial charge in [0.2, 0.25) is 0 Å². The van der Waals surface area contributed by atoms with Crippen LogP contribution in [0.15, 0.2) is 108 Å². The fourth-order valence-corrected chi connectivity index (χ4v) is 4.98. The van der Waals surface area contributed by atoms with Crippen LogP contribution in [0.5, 0.6) is 0 Å². The first-order chi connectivity index (χ1) is 16.8. The Kier molecular flexibility index (Phi) is 3.88. The smallest absolute Gasteiger partial charge is 0.160 e. The summed E-state index contributed by atoms with van der Waals surface area (Å²) in [4.78, 5) is 4.25. The van der Waals surface area contributed by atoms with E-state index in [0.717, 1.165) is 55.2 Å². The normalized spacial score (nSPS) is 11.5. The summed E-state index contributed by atoms with van der Waals surface area (Å²) in [6.45, 7) is 0. The van der Waals surface area contributed by atoms with Gasteiger partial charge in [0.15, 0.2) is 5.58 Å². The quantitative estimate of drug-likeness (QED) is 0.281. The molecule has 0 fully saturated rings. The third-order valence-electron chi connectivity index (χ3n) is 6.48. The molecule has 0 amide bonds. The van der Waals surface area contributed by atoms with Crippen LogP contribution in [0.2, 0.25) is 0 Å². The molecule has 0 unspecified atom stereocenters. The molecule has 4 nitrogen and oxygen atoms in total. The molecule has 3 aromatic heterocycles. The number of nitrogens with zero attached hydrogens (tertiary/aromatic N) is 3. The Bertz CT molecular complexity index is 1930. The number of aromatic nitrogens is 2. The van der Waals surface area contributed by atoms with Crippen LogP contribution in [-0.4, -0.2) is 9.55 Å². The average molecular weight is 435 g/mol. The highest BCUT2D eigenvalue weighted by Gasteiger charge is 2.18. The Balaban J connectivity index is 1.59. The lowest BCUT2D eigenvalue weighted by molar-refractivity contribution is 0.671. The van der Waals surface area contributed by atoms with Gasteiger partial charge in [0.1, 0.15) is 11.7 Å². The summed E-state index contributed by atoms with van der Waals surface area (Å²) < 4.78 is 8.71. The van der Waals surface area contributed by atoms with Gasteiger partial charge >= 0.3 is 0 Å². The van der Waals surface area contributed by atoms with Gasteiger partial charge in [0, 0.05) is 45.2 Å². The summed E-state index contributed by atoms with van der Waals surface area (Å²) in [6, 6.07) is 33.4. The minimum atomic E-state index is 0.545. The minimum absolute atomic E-state index is 0.545. The standard InChI is InChI=1S/C30H17N3O/c31-16-19-14-21(18-32-17-19)20-6-5-7-22(15-20)33-27-10-3-1-8-23(27)25-12-13-26-24-9-2-4-11-28(24)34-30(26)29(25)33/h1-15,17-18H. The number of benzene rings is 4. The van der Waals surface area contributed by atoms with Crippen LogP contribution >= 0.6 is 0 Å². The van der Waals surface area contributed by atoms with E-state index in [1.54, 1.807) is 12.4 Å². The van der Waals surface area contributed by atoms with E-state index in [-0.39, 0.29) is 0 Å². The van der Waals surface area contributed by atoms with Crippen LogP contribution in [0.25, 0.3) is 60.6 Å². The molecular weight excluding hydrogens is 418 g/mol. The zero-order valence-corrected chi connectivity index (χ0v) is 18.1. The van der Waals surface area contributed by atoms with Crippen molar-refractivity contribution >= 4 is 43.7 Å². The van der Waals surface area contributed by atoms with Gasteiger partial charge in [0.25, 0.3) is 0 Å². The van der Waals surface area contributed by atoms with E-state index in [2.05, 4.69) is 70.2 Å². The number of nitriles is 1. The van der Waals surface area contributed by atoms with Gasteiger partial charge in [-0.1, -0.05) is 54.6 Å². The zero-order valence-electron chi connectivity index (χ0n) is 18.1. The summed E-state index contributed by atoms with van der Waals surface area (Å²) in [5.74, 6) is 0. The second-order valence-electron chi connectivity index (χ2n) is 8.41. The van der Waals surface area contributed by atoms with Crippen LogP contribution in [-0.2, 0) is 0 Å². The summed E-state index contributed by atoms with van der Waals surface area (Å²) in [5, 5.41) is 13.9. The van der Waals surface area contributed by atoms with Crippen molar-refractivity contribution < 1.29 is 4.42 Å². The lowest BCUT2D eigenvalue weighted by Gasteiger charge is -2.10. The number of fused-ring (bicyclic) bond motifs is 7. The molecule has 0 saturated carbocycles. The topological polar surface area (TPSA) is 54.8 Å². The first-order valence-corrected chi connectivity index (χ1v) is 11.1. The lowest BCUT2D eigenvalue weighted by Crippen LogP contribution is -1.95. The highest BCUT2D eigenvalue weighted by atomic mass is 16.3. The van der Waals surface area contributed by atoms with E-state index in [4.69, 9.17) is 4.42 Å². The Morgan fingerprint density at radius 1 is 0.706 bits per heavy atom. The monoisotopic (exact) mass is 435 g/mol. The first-order valence-electron chi connectivity index (χ1n) is 11.1. The van der Waals surface area contributed by atoms with Gasteiger partial charge in [-0.25, -0.2) is 0 Å². The molecule has 4 heteroatoms. The molecule has 4 aromatic carbocycles. The molecule has 0 aliphatic heterocycles. The summed E-state index contributed by atoms with van der Waals surface area (Å²) >= 11 is 0. The van der Waals surface area contributed by atoms with Gasteiger partial charge in [-0.3, -0.25) is 4.98 Å². The molecule has 0 N–H and O–H groups in total. The SMILES string of the molecule is N#Cc1cncc(-c2cccc(-n3c4ccccc4c4ccc5c6ccccc6oc5c43)c2)c1. The molecule has 158 valence electrons. The van der Waals surface area contributed by atoms with Crippen molar-refractivity contribution in [3.8, 4) is 22.9 Å². The van der Waals surface area contributed by atoms with Crippen LogP contribution in [0.4, 0.5) is 0 Å². The number of hydrogen-bond donors (Lipinski definition) is 0. The molecule has 0 aliphatic rings. The van der Waals surface area contributed by atoms with E-state index >= 15 is 0 Å². The maximum atomic E-state index is 9.31. The first kappa shape index (κ1) is 18.7. The van der Waals surface area contributed by atoms with Crippen molar-refractivity contribution in [3.63, 3.8) is 0 Å². The van der Waals surface area contributed by atoms with Crippen LogP contribution in [0.1, 0.15) is 5.56 Å². The van der Waals surface area contributed by atoms with Crippen molar-refractivity contribution in [2.75, 3.05) is 0 Å². The molecule has 0 bridgehead atoms. The molecule has 0 radical (unpaired) electrons. The number of para-hydroxylation sites is 2. The number of pyridine rings is 1. The number of hydrogen-bond acceptors (Lipinski definition) is 3. The molecule has 7 aromatic rings. The van der Waals surface area contributed by atoms with E-state index in [9.17, 15) is 5.26 Å². The summed E-state index contributed by atoms with van der Waals surface area (Å²) in [6.07, 6.45) is 3.38. The number of rotatable bonds is 2. The van der Waals surface area contributed by atoms with Gasteiger partial charge in [-0.2, -0.15) is 5.26 Å². The van der Waals surface area contributed by atoms with Crippen LogP contribution in [0.3, 0.4) is 0 Å². The second-order valence-corrected chi connectivity index (χ2v) is 8.41. The van der Waals surface area contributed by atoms with Crippen molar-refractivity contribution in [1.29, 1.82) is 5.26 Å². The molecule has 34 heavy (non-hydrogen) atoms. The maximum absolute atomic E-state index is 9.31. The van der Waals surface area contributed by atoms with Gasteiger partial charge in [-0.05, 0) is 42.0 Å². The van der Waals surface area contributed by atoms with Crippen molar-refractivity contribution in [2.45, 2.75) is 0 Å². The molecule has 3 heterocycles. The highest BCUT2D eigenvalue weighted by Crippen LogP contribution is 2.40. The third kappa shape index (κ3) is 2.61. The molecule has 0 aliphatic carbocycles. The van der Waals surface area contributed by atoms with E-state index in [1.807, 2.05) is 36.4 Å². The van der Waals surface area contributed by atoms with Crippen molar-refractivity contribution in [2.24, 2.45) is 0 Å². The van der Waals surface area contributed by atoms with E-state index in [1.165, 1.54) is 5.39 Å². The predicted molar refractivity (Wildman–Crippen MR) is 136 cm³/mol. The van der Waals surface area contributed by atoms with Crippen molar-refractivity contribution in [3.05, 3.63) is 109 Å². The highest BCUT2D eigenvalue weighted by molar-refractivity contribution is 6.21. The Morgan fingerprint density at radius 2 is 1.53 bits per heavy atom. The fourth-order valence-electron chi connectivity index (χ4n) is 4.98. The van der Waals surface area contributed by atoms with Gasteiger partial charge < -0.3 is 8.98 Å². The predicted octanol–water partition coefficient (Wildman–Crippen LogP) is 7.62. The van der Waals surface area contributed by atoms with E-state index < -0.39 is 0 Å². The zero-order chi connectivity index (χ0) is 22.6. The Morgan fingerprint density at radius 3 is 2.44 bits per heavy atom. The molecule has 0 saturated heterocycles. The molecule has 0 atom stereocenters. The second kappa shape index (κ2) is 7.06. The molecular formula is C30H17N3O. The fraction of sp³-hybridized carbons (Fsp3) is 0. The van der Waals surface area contributed by atoms with Gasteiger partial charge in [0.05, 0.1) is 16.6 Å². The minimum Gasteiger partial charge on any atom is -0.454 e. The largest absolute Gasteiger partial charge is 0.454 e.